The van der Waals surface area contributed by atoms with Crippen molar-refractivity contribution in [3.63, 3.8) is 0 Å². The van der Waals surface area contributed by atoms with Crippen LogP contribution in [0.25, 0.3) is 0 Å². The number of rotatable bonds is 3. The van der Waals surface area contributed by atoms with Crippen molar-refractivity contribution in [2.24, 2.45) is 28.3 Å². The molecule has 0 atom stereocenters. The molecule has 0 spiro atoms. The molecule has 4 bridgehead atoms. The minimum Gasteiger partial charge on any atom is -0.399 e. The highest BCUT2D eigenvalue weighted by atomic mass is 16.6. The molecule has 0 aromatic heterocycles. The average molecular weight is 223 g/mol. The monoisotopic (exact) mass is 223 g/mol. The molecule has 0 aliphatic heterocycles. The van der Waals surface area contributed by atoms with Crippen molar-refractivity contribution in [2.75, 3.05) is 13.7 Å². The van der Waals surface area contributed by atoms with Gasteiger partial charge in [-0.25, -0.2) is 0 Å². The second-order valence-corrected chi connectivity index (χ2v) is 6.08. The molecule has 3 heteroatoms. The van der Waals surface area contributed by atoms with Gasteiger partial charge in [0, 0.05) is 5.41 Å². The smallest absolute Gasteiger partial charge is 0.106 e. The topological polar surface area (TPSA) is 41.8 Å². The summed E-state index contributed by atoms with van der Waals surface area (Å²) in [4.78, 5) is 4.91. The first-order chi connectivity index (χ1) is 7.75. The molecule has 1 N–H and O–H groups in total. The molecular formula is C13H21NO2. The van der Waals surface area contributed by atoms with Crippen LogP contribution in [0.5, 0.6) is 0 Å². The van der Waals surface area contributed by atoms with Crippen LogP contribution in [-0.4, -0.2) is 24.5 Å². The van der Waals surface area contributed by atoms with Gasteiger partial charge < -0.3 is 9.94 Å². The maximum Gasteiger partial charge on any atom is 0.106 e. The molecule has 4 saturated carbocycles. The van der Waals surface area contributed by atoms with Crippen molar-refractivity contribution in [3.8, 4) is 0 Å². The zero-order valence-electron chi connectivity index (χ0n) is 9.98. The largest absolute Gasteiger partial charge is 0.399 e. The van der Waals surface area contributed by atoms with Crippen LogP contribution in [0.2, 0.25) is 0 Å². The Kier molecular flexibility index (Phi) is 2.46. The SMILES string of the molecule is CO/N=C(\CO)C12CC3CC(CC(C3)C1)C2. The van der Waals surface area contributed by atoms with Gasteiger partial charge in [-0.3, -0.25) is 0 Å². The fourth-order valence-electron chi connectivity index (χ4n) is 4.87. The first-order valence-electron chi connectivity index (χ1n) is 6.47. The Bertz CT molecular complexity index is 276. The van der Waals surface area contributed by atoms with Crippen molar-refractivity contribution >= 4 is 5.71 Å². The van der Waals surface area contributed by atoms with Crippen molar-refractivity contribution in [1.29, 1.82) is 0 Å². The Labute approximate surface area is 96.9 Å². The van der Waals surface area contributed by atoms with E-state index in [1.54, 1.807) is 7.11 Å². The lowest BCUT2D eigenvalue weighted by molar-refractivity contribution is -0.0167. The molecule has 0 unspecified atom stereocenters. The summed E-state index contributed by atoms with van der Waals surface area (Å²) in [5.41, 5.74) is 1.11. The van der Waals surface area contributed by atoms with E-state index in [2.05, 4.69) is 5.16 Å². The van der Waals surface area contributed by atoms with Gasteiger partial charge in [0.15, 0.2) is 0 Å². The first-order valence-corrected chi connectivity index (χ1v) is 6.47. The molecule has 4 aliphatic rings. The van der Waals surface area contributed by atoms with Crippen LogP contribution in [0, 0.1) is 23.2 Å². The van der Waals surface area contributed by atoms with E-state index < -0.39 is 0 Å². The Balaban J connectivity index is 1.90. The predicted molar refractivity (Wildman–Crippen MR) is 62.1 cm³/mol. The van der Waals surface area contributed by atoms with Crippen LogP contribution in [-0.2, 0) is 4.84 Å². The zero-order chi connectivity index (χ0) is 11.2. The van der Waals surface area contributed by atoms with Crippen LogP contribution in [0.4, 0.5) is 0 Å². The van der Waals surface area contributed by atoms with Crippen molar-refractivity contribution in [1.82, 2.24) is 0 Å². The average Bonchev–Trinajstić information content (AvgIpc) is 2.23. The molecule has 4 rings (SSSR count). The quantitative estimate of drug-likeness (QED) is 0.588. The molecule has 4 aliphatic carbocycles. The summed E-state index contributed by atoms with van der Waals surface area (Å²) >= 11 is 0. The molecular weight excluding hydrogens is 202 g/mol. The molecule has 3 nitrogen and oxygen atoms in total. The Morgan fingerprint density at radius 2 is 1.69 bits per heavy atom. The second kappa shape index (κ2) is 3.73. The highest BCUT2D eigenvalue weighted by Gasteiger charge is 2.53. The van der Waals surface area contributed by atoms with Gasteiger partial charge in [0.05, 0.1) is 12.3 Å². The van der Waals surface area contributed by atoms with Gasteiger partial charge in [0.1, 0.15) is 7.11 Å². The van der Waals surface area contributed by atoms with Crippen LogP contribution < -0.4 is 0 Å². The second-order valence-electron chi connectivity index (χ2n) is 6.08. The fraction of sp³-hybridized carbons (Fsp3) is 0.923. The van der Waals surface area contributed by atoms with Crippen molar-refractivity contribution in [3.05, 3.63) is 0 Å². The molecule has 0 aromatic rings. The maximum atomic E-state index is 9.51. The maximum absolute atomic E-state index is 9.51. The van der Waals surface area contributed by atoms with Crippen LogP contribution >= 0.6 is 0 Å². The molecule has 0 amide bonds. The van der Waals surface area contributed by atoms with Crippen molar-refractivity contribution in [2.45, 2.75) is 38.5 Å². The summed E-state index contributed by atoms with van der Waals surface area (Å²) in [6, 6.07) is 0. The molecule has 90 valence electrons. The number of nitrogens with zero attached hydrogens (tertiary/aromatic N) is 1. The summed E-state index contributed by atoms with van der Waals surface area (Å²) < 4.78 is 0. The lowest BCUT2D eigenvalue weighted by Crippen LogP contribution is -2.50. The van der Waals surface area contributed by atoms with E-state index in [0.717, 1.165) is 23.5 Å². The number of aliphatic hydroxyl groups excluding tert-OH is 1. The summed E-state index contributed by atoms with van der Waals surface area (Å²) in [6.07, 6.45) is 7.98. The third-order valence-electron chi connectivity index (χ3n) is 5.00. The van der Waals surface area contributed by atoms with E-state index in [-0.39, 0.29) is 12.0 Å². The minimum atomic E-state index is 0.0694. The molecule has 0 saturated heterocycles. The third kappa shape index (κ3) is 1.48. The summed E-state index contributed by atoms with van der Waals surface area (Å²) in [5, 5.41) is 13.6. The van der Waals surface area contributed by atoms with Crippen LogP contribution in [0.3, 0.4) is 0 Å². The van der Waals surface area contributed by atoms with Gasteiger partial charge >= 0.3 is 0 Å². The van der Waals surface area contributed by atoms with Crippen LogP contribution in [0.15, 0.2) is 5.16 Å². The predicted octanol–water partition coefficient (Wildman–Crippen LogP) is 2.20. The van der Waals surface area contributed by atoms with E-state index in [1.165, 1.54) is 38.5 Å². The van der Waals surface area contributed by atoms with Gasteiger partial charge in [0.25, 0.3) is 0 Å². The lowest BCUT2D eigenvalue weighted by Gasteiger charge is -2.56. The number of aliphatic hydroxyl groups is 1. The van der Waals surface area contributed by atoms with Crippen molar-refractivity contribution < 1.29 is 9.94 Å². The lowest BCUT2D eigenvalue weighted by atomic mass is 9.48. The normalized spacial score (nSPS) is 46.1. The van der Waals surface area contributed by atoms with E-state index >= 15 is 0 Å². The fourth-order valence-corrected chi connectivity index (χ4v) is 4.87. The number of oxime groups is 1. The van der Waals surface area contributed by atoms with Gasteiger partial charge in [-0.2, -0.15) is 0 Å². The number of hydrogen-bond acceptors (Lipinski definition) is 3. The van der Waals surface area contributed by atoms with Gasteiger partial charge in [0.2, 0.25) is 0 Å². The third-order valence-corrected chi connectivity index (χ3v) is 5.00. The standard InChI is InChI=1S/C13H21NO2/c1-16-14-12(8-15)13-5-9-2-10(6-13)4-11(3-9)7-13/h9-11,15H,2-8H2,1H3/b14-12+. The van der Waals surface area contributed by atoms with E-state index in [4.69, 9.17) is 4.84 Å². The highest BCUT2D eigenvalue weighted by molar-refractivity contribution is 5.91. The Hall–Kier alpha value is -0.570. The van der Waals surface area contributed by atoms with E-state index in [1.807, 2.05) is 0 Å². The molecule has 16 heavy (non-hydrogen) atoms. The zero-order valence-corrected chi connectivity index (χ0v) is 9.98. The molecule has 0 aromatic carbocycles. The van der Waals surface area contributed by atoms with Gasteiger partial charge in [-0.1, -0.05) is 5.16 Å². The molecule has 0 radical (unpaired) electrons. The first kappa shape index (κ1) is 10.6. The molecule has 0 heterocycles. The molecule has 4 fully saturated rings. The summed E-state index contributed by atoms with van der Waals surface area (Å²) in [7, 11) is 1.58. The van der Waals surface area contributed by atoms with Gasteiger partial charge in [-0.05, 0) is 56.3 Å². The Morgan fingerprint density at radius 1 is 1.19 bits per heavy atom. The summed E-state index contributed by atoms with van der Waals surface area (Å²) in [6.45, 7) is 0.0694. The van der Waals surface area contributed by atoms with Gasteiger partial charge in [-0.15, -0.1) is 0 Å². The van der Waals surface area contributed by atoms with E-state index in [9.17, 15) is 5.11 Å². The highest BCUT2D eigenvalue weighted by Crippen LogP contribution is 2.60. The summed E-state index contributed by atoms with van der Waals surface area (Å²) in [5.74, 6) is 2.67. The minimum absolute atomic E-state index is 0.0694. The van der Waals surface area contributed by atoms with Crippen LogP contribution in [0.1, 0.15) is 38.5 Å². The number of hydrogen-bond donors (Lipinski definition) is 1. The Morgan fingerprint density at radius 3 is 2.06 bits per heavy atom. The van der Waals surface area contributed by atoms with E-state index in [0.29, 0.717) is 0 Å².